The number of nitrogens with zero attached hydrogens (tertiary/aromatic N) is 1. The molecule has 6 rings (SSSR count). The number of piperidine rings is 1. The lowest BCUT2D eigenvalue weighted by Gasteiger charge is -2.53. The molecule has 1 aliphatic heterocycles. The molecule has 4 nitrogen and oxygen atoms in total. The summed E-state index contributed by atoms with van der Waals surface area (Å²) in [6.45, 7) is 9.25. The van der Waals surface area contributed by atoms with E-state index in [9.17, 15) is 5.11 Å². The van der Waals surface area contributed by atoms with Gasteiger partial charge in [-0.25, -0.2) is 0 Å². The first kappa shape index (κ1) is 26.0. The SMILES string of the molecule is COc1cc(CN2CCCCC2)ccc1OCC[C@H]1CC[C@H]2[C@@H]3[C@H](C)Cc4cc(O)ccc4[C@H]3CC[C@]12C. The molecule has 206 valence electrons. The molecule has 0 bridgehead atoms. The highest BCUT2D eigenvalue weighted by Crippen LogP contribution is 2.64. The number of methoxy groups -OCH3 is 1. The highest BCUT2D eigenvalue weighted by atomic mass is 16.5. The molecule has 0 aromatic heterocycles. The van der Waals surface area contributed by atoms with E-state index in [1.54, 1.807) is 7.11 Å². The molecule has 0 unspecified atom stereocenters. The summed E-state index contributed by atoms with van der Waals surface area (Å²) in [6.07, 6.45) is 11.5. The molecule has 1 saturated heterocycles. The van der Waals surface area contributed by atoms with E-state index in [2.05, 4.69) is 43.0 Å². The van der Waals surface area contributed by atoms with Crippen LogP contribution in [0.15, 0.2) is 36.4 Å². The molecular formula is C34H47NO3. The largest absolute Gasteiger partial charge is 0.508 e. The molecule has 2 saturated carbocycles. The molecule has 3 fully saturated rings. The van der Waals surface area contributed by atoms with Crippen molar-refractivity contribution in [1.82, 2.24) is 4.90 Å². The molecule has 0 radical (unpaired) electrons. The Bertz CT molecular complexity index is 1120. The Hall–Kier alpha value is -2.20. The van der Waals surface area contributed by atoms with Gasteiger partial charge >= 0.3 is 0 Å². The Balaban J connectivity index is 1.09. The van der Waals surface area contributed by atoms with Crippen LogP contribution in [0.25, 0.3) is 0 Å². The number of hydrogen-bond donors (Lipinski definition) is 1. The van der Waals surface area contributed by atoms with E-state index in [1.165, 1.54) is 74.7 Å². The maximum atomic E-state index is 10.1. The zero-order chi connectivity index (χ0) is 26.3. The predicted octanol–water partition coefficient (Wildman–Crippen LogP) is 7.57. The van der Waals surface area contributed by atoms with E-state index < -0.39 is 0 Å². The zero-order valence-electron chi connectivity index (χ0n) is 23.8. The minimum Gasteiger partial charge on any atom is -0.508 e. The Morgan fingerprint density at radius 1 is 1.00 bits per heavy atom. The lowest BCUT2D eigenvalue weighted by molar-refractivity contribution is 0.000861. The summed E-state index contributed by atoms with van der Waals surface area (Å²) in [5, 5.41) is 10.1. The summed E-state index contributed by atoms with van der Waals surface area (Å²) in [5.41, 5.74) is 4.64. The number of phenolic OH excluding ortho intramolecular Hbond substituents is 1. The van der Waals surface area contributed by atoms with Crippen LogP contribution in [0, 0.1) is 29.1 Å². The number of rotatable bonds is 7. The first-order valence-electron chi connectivity index (χ1n) is 15.3. The average Bonchev–Trinajstić information content (AvgIpc) is 3.25. The highest BCUT2D eigenvalue weighted by Gasteiger charge is 2.55. The third-order valence-corrected chi connectivity index (χ3v) is 11.1. The van der Waals surface area contributed by atoms with E-state index in [1.807, 2.05) is 12.1 Å². The molecule has 38 heavy (non-hydrogen) atoms. The third-order valence-electron chi connectivity index (χ3n) is 11.1. The van der Waals surface area contributed by atoms with E-state index in [0.29, 0.717) is 23.0 Å². The number of fused-ring (bicyclic) bond motifs is 5. The molecule has 3 aliphatic carbocycles. The lowest BCUT2D eigenvalue weighted by atomic mass is 9.51. The second-order valence-electron chi connectivity index (χ2n) is 13.1. The van der Waals surface area contributed by atoms with Crippen LogP contribution in [0.4, 0.5) is 0 Å². The van der Waals surface area contributed by atoms with Crippen LogP contribution in [0.3, 0.4) is 0 Å². The van der Waals surface area contributed by atoms with E-state index >= 15 is 0 Å². The lowest BCUT2D eigenvalue weighted by Crippen LogP contribution is -2.45. The number of phenols is 1. The molecule has 1 N–H and O–H groups in total. The van der Waals surface area contributed by atoms with Gasteiger partial charge < -0.3 is 14.6 Å². The van der Waals surface area contributed by atoms with Crippen molar-refractivity contribution in [2.24, 2.45) is 29.1 Å². The Morgan fingerprint density at radius 3 is 2.66 bits per heavy atom. The second-order valence-corrected chi connectivity index (χ2v) is 13.1. The summed E-state index contributed by atoms with van der Waals surface area (Å²) in [6, 6.07) is 12.7. The Kier molecular flexibility index (Phi) is 7.37. The standard InChI is InChI=1S/C34H47NO3/c1-23-19-25-21-27(36)9-10-28(25)29-13-15-34(2)26(8-11-30(34)33(23)29)14-18-38-31-12-7-24(20-32(31)37-3)22-35-16-5-4-6-17-35/h7,9-10,12,20-21,23,26,29-30,33,36H,4-6,8,11,13-19,22H2,1-3H3/t23-,26-,29-,30+,33-,34-/m1/s1. The molecule has 4 aliphatic rings. The van der Waals surface area contributed by atoms with Gasteiger partial charge in [0, 0.05) is 6.54 Å². The number of hydrogen-bond acceptors (Lipinski definition) is 4. The molecule has 6 atom stereocenters. The topological polar surface area (TPSA) is 41.9 Å². The molecule has 4 heteroatoms. The van der Waals surface area contributed by atoms with Gasteiger partial charge in [-0.15, -0.1) is 0 Å². The maximum absolute atomic E-state index is 10.1. The normalized spacial score (nSPS) is 32.8. The summed E-state index contributed by atoms with van der Waals surface area (Å²) >= 11 is 0. The van der Waals surface area contributed by atoms with Crippen LogP contribution in [0.2, 0.25) is 0 Å². The maximum Gasteiger partial charge on any atom is 0.161 e. The second kappa shape index (κ2) is 10.8. The molecule has 0 amide bonds. The van der Waals surface area contributed by atoms with Gasteiger partial charge in [-0.1, -0.05) is 32.4 Å². The minimum absolute atomic E-state index is 0.412. The Morgan fingerprint density at radius 2 is 1.84 bits per heavy atom. The van der Waals surface area contributed by atoms with Crippen molar-refractivity contribution >= 4 is 0 Å². The van der Waals surface area contributed by atoms with E-state index in [-0.39, 0.29) is 0 Å². The smallest absolute Gasteiger partial charge is 0.161 e. The van der Waals surface area contributed by atoms with Crippen LogP contribution < -0.4 is 9.47 Å². The number of aromatic hydroxyl groups is 1. The van der Waals surface area contributed by atoms with Crippen molar-refractivity contribution in [2.75, 3.05) is 26.8 Å². The van der Waals surface area contributed by atoms with Gasteiger partial charge in [0.15, 0.2) is 11.5 Å². The van der Waals surface area contributed by atoms with Crippen molar-refractivity contribution in [3.8, 4) is 17.2 Å². The van der Waals surface area contributed by atoms with Crippen LogP contribution in [0.5, 0.6) is 17.2 Å². The van der Waals surface area contributed by atoms with Gasteiger partial charge in [-0.3, -0.25) is 4.90 Å². The fraction of sp³-hybridized carbons (Fsp3) is 0.647. The molecule has 2 aromatic rings. The fourth-order valence-corrected chi connectivity index (χ4v) is 9.16. The van der Waals surface area contributed by atoms with Crippen molar-refractivity contribution in [3.63, 3.8) is 0 Å². The number of ether oxygens (including phenoxy) is 2. The quantitative estimate of drug-likeness (QED) is 0.411. The monoisotopic (exact) mass is 517 g/mol. The highest BCUT2D eigenvalue weighted by molar-refractivity contribution is 5.43. The van der Waals surface area contributed by atoms with Crippen LogP contribution in [-0.4, -0.2) is 36.8 Å². The predicted molar refractivity (Wildman–Crippen MR) is 153 cm³/mol. The van der Waals surface area contributed by atoms with Crippen LogP contribution in [0.1, 0.15) is 87.8 Å². The average molecular weight is 518 g/mol. The number of likely N-dealkylation sites (tertiary alicyclic amines) is 1. The summed E-state index contributed by atoms with van der Waals surface area (Å²) in [5.74, 6) is 5.82. The fourth-order valence-electron chi connectivity index (χ4n) is 9.16. The van der Waals surface area contributed by atoms with Crippen LogP contribution in [-0.2, 0) is 13.0 Å². The minimum atomic E-state index is 0.412. The summed E-state index contributed by atoms with van der Waals surface area (Å²) < 4.78 is 12.1. The van der Waals surface area contributed by atoms with Gasteiger partial charge in [0.25, 0.3) is 0 Å². The first-order chi connectivity index (χ1) is 18.5. The Labute approximate surface area is 229 Å². The molecule has 2 aromatic carbocycles. The van der Waals surface area contributed by atoms with Gasteiger partial charge in [-0.05, 0) is 140 Å². The van der Waals surface area contributed by atoms with Gasteiger partial charge in [0.05, 0.1) is 13.7 Å². The molecular weight excluding hydrogens is 470 g/mol. The summed E-state index contributed by atoms with van der Waals surface area (Å²) in [7, 11) is 1.76. The van der Waals surface area contributed by atoms with Gasteiger partial charge in [-0.2, -0.15) is 0 Å². The van der Waals surface area contributed by atoms with Crippen molar-refractivity contribution < 1.29 is 14.6 Å². The number of benzene rings is 2. The summed E-state index contributed by atoms with van der Waals surface area (Å²) in [4.78, 5) is 2.56. The van der Waals surface area contributed by atoms with Crippen LogP contribution >= 0.6 is 0 Å². The van der Waals surface area contributed by atoms with Crippen molar-refractivity contribution in [2.45, 2.75) is 84.1 Å². The van der Waals surface area contributed by atoms with Crippen molar-refractivity contribution in [1.29, 1.82) is 0 Å². The van der Waals surface area contributed by atoms with E-state index in [0.717, 1.165) is 55.2 Å². The molecule has 0 spiro atoms. The first-order valence-corrected chi connectivity index (χ1v) is 15.3. The van der Waals surface area contributed by atoms with Gasteiger partial charge in [0.2, 0.25) is 0 Å². The van der Waals surface area contributed by atoms with E-state index in [4.69, 9.17) is 9.47 Å². The molecule has 1 heterocycles. The van der Waals surface area contributed by atoms with Gasteiger partial charge in [0.1, 0.15) is 5.75 Å². The van der Waals surface area contributed by atoms with Crippen molar-refractivity contribution in [3.05, 3.63) is 53.1 Å². The third kappa shape index (κ3) is 4.83. The zero-order valence-corrected chi connectivity index (χ0v) is 23.8.